The zero-order valence-corrected chi connectivity index (χ0v) is 24.4. The van der Waals surface area contributed by atoms with Gasteiger partial charge in [0.1, 0.15) is 5.82 Å². The lowest BCUT2D eigenvalue weighted by atomic mass is 10.0. The summed E-state index contributed by atoms with van der Waals surface area (Å²) in [6.45, 7) is 6.94. The summed E-state index contributed by atoms with van der Waals surface area (Å²) in [6, 6.07) is 14.2. The number of hydrogen-bond acceptors (Lipinski definition) is 8. The van der Waals surface area contributed by atoms with Gasteiger partial charge in [0.25, 0.3) is 5.91 Å². The van der Waals surface area contributed by atoms with Crippen LogP contribution in [-0.4, -0.2) is 84.3 Å². The van der Waals surface area contributed by atoms with Crippen molar-refractivity contribution in [1.29, 1.82) is 0 Å². The molecule has 0 atom stereocenters. The number of rotatable bonds is 9. The molecule has 0 aliphatic carbocycles. The normalized spacial score (nSPS) is 16.2. The number of benzene rings is 2. The Balaban J connectivity index is 1.18. The number of morpholine rings is 1. The van der Waals surface area contributed by atoms with Crippen molar-refractivity contribution in [1.82, 2.24) is 25.2 Å². The van der Waals surface area contributed by atoms with Gasteiger partial charge in [0.2, 0.25) is 5.95 Å². The van der Waals surface area contributed by atoms with Gasteiger partial charge in [-0.3, -0.25) is 4.79 Å². The van der Waals surface area contributed by atoms with E-state index in [9.17, 15) is 9.59 Å². The van der Waals surface area contributed by atoms with Crippen molar-refractivity contribution in [3.8, 4) is 11.4 Å². The molecule has 5 rings (SSSR count). The number of urea groups is 1. The van der Waals surface area contributed by atoms with Crippen LogP contribution in [0.3, 0.4) is 0 Å². The molecule has 3 N–H and O–H groups in total. The van der Waals surface area contributed by atoms with Crippen LogP contribution in [0.2, 0.25) is 0 Å². The molecule has 0 radical (unpaired) electrons. The van der Waals surface area contributed by atoms with Gasteiger partial charge in [-0.05, 0) is 87.9 Å². The van der Waals surface area contributed by atoms with E-state index in [1.807, 2.05) is 24.3 Å². The molecule has 0 unspecified atom stereocenters. The Hall–Kier alpha value is -4.09. The highest BCUT2D eigenvalue weighted by Gasteiger charge is 2.20. The van der Waals surface area contributed by atoms with Gasteiger partial charge in [0, 0.05) is 48.1 Å². The van der Waals surface area contributed by atoms with Crippen LogP contribution < -0.4 is 20.9 Å². The number of ether oxygens (including phenoxy) is 1. The molecular weight excluding hydrogens is 532 g/mol. The smallest absolute Gasteiger partial charge is 0.323 e. The van der Waals surface area contributed by atoms with E-state index >= 15 is 0 Å². The second-order valence-corrected chi connectivity index (χ2v) is 10.9. The average Bonchev–Trinajstić information content (AvgIpc) is 3.02. The van der Waals surface area contributed by atoms with Gasteiger partial charge in [-0.15, -0.1) is 0 Å². The van der Waals surface area contributed by atoms with Crippen molar-refractivity contribution in [2.45, 2.75) is 45.1 Å². The number of carbonyl (C=O) groups excluding carboxylic acids is 2. The van der Waals surface area contributed by atoms with Gasteiger partial charge >= 0.3 is 6.03 Å². The summed E-state index contributed by atoms with van der Waals surface area (Å²) in [5.74, 6) is 2.00. The van der Waals surface area contributed by atoms with E-state index in [1.165, 1.54) is 0 Å². The Morgan fingerprint density at radius 2 is 1.52 bits per heavy atom. The molecular formula is C31H40N8O3. The van der Waals surface area contributed by atoms with Gasteiger partial charge in [-0.25, -0.2) is 9.78 Å². The van der Waals surface area contributed by atoms with Gasteiger partial charge in [0.15, 0.2) is 5.82 Å². The van der Waals surface area contributed by atoms with Crippen LogP contribution in [0, 0.1) is 0 Å². The van der Waals surface area contributed by atoms with Crippen LogP contribution in [0.4, 0.5) is 22.1 Å². The highest BCUT2D eigenvalue weighted by atomic mass is 16.5. The SMILES string of the molecule is CCCCc1nc(-c2ccc(NC(=O)Nc3ccc(C(=O)NC4CCN(C)CC4)cc3)cc2)nc(N2CCOCC2)n1. The summed E-state index contributed by atoms with van der Waals surface area (Å²) in [5.41, 5.74) is 2.66. The van der Waals surface area contributed by atoms with E-state index in [-0.39, 0.29) is 18.0 Å². The van der Waals surface area contributed by atoms with Crippen LogP contribution in [-0.2, 0) is 11.2 Å². The molecule has 1 aromatic heterocycles. The molecule has 0 bridgehead atoms. The number of aromatic nitrogens is 3. The molecule has 2 aliphatic heterocycles. The van der Waals surface area contributed by atoms with E-state index in [0.29, 0.717) is 41.9 Å². The molecule has 11 heteroatoms. The molecule has 2 fully saturated rings. The lowest BCUT2D eigenvalue weighted by Crippen LogP contribution is -2.43. The molecule has 0 spiro atoms. The Labute approximate surface area is 247 Å². The predicted octanol–water partition coefficient (Wildman–Crippen LogP) is 4.19. The number of nitrogens with one attached hydrogen (secondary N) is 3. The average molecular weight is 573 g/mol. The summed E-state index contributed by atoms with van der Waals surface area (Å²) < 4.78 is 5.49. The van der Waals surface area contributed by atoms with Crippen LogP contribution in [0.25, 0.3) is 11.4 Å². The fourth-order valence-corrected chi connectivity index (χ4v) is 5.01. The molecule has 2 aliphatic rings. The fraction of sp³-hybridized carbons (Fsp3) is 0.452. The number of anilines is 3. The van der Waals surface area contributed by atoms with E-state index in [4.69, 9.17) is 19.7 Å². The first-order chi connectivity index (χ1) is 20.5. The molecule has 42 heavy (non-hydrogen) atoms. The van der Waals surface area contributed by atoms with Gasteiger partial charge in [-0.2, -0.15) is 9.97 Å². The Morgan fingerprint density at radius 3 is 2.17 bits per heavy atom. The molecule has 2 saturated heterocycles. The zero-order chi connectivity index (χ0) is 29.3. The van der Waals surface area contributed by atoms with Gasteiger partial charge in [-0.1, -0.05) is 13.3 Å². The second kappa shape index (κ2) is 14.2. The van der Waals surface area contributed by atoms with Crippen LogP contribution in [0.5, 0.6) is 0 Å². The van der Waals surface area contributed by atoms with E-state index in [1.54, 1.807) is 24.3 Å². The predicted molar refractivity (Wildman–Crippen MR) is 164 cm³/mol. The highest BCUT2D eigenvalue weighted by molar-refractivity contribution is 6.00. The molecule has 3 amide bonds. The number of nitrogens with zero attached hydrogens (tertiary/aromatic N) is 5. The number of unbranched alkanes of at least 4 members (excludes halogenated alkanes) is 1. The largest absolute Gasteiger partial charge is 0.378 e. The van der Waals surface area contributed by atoms with E-state index < -0.39 is 0 Å². The minimum Gasteiger partial charge on any atom is -0.378 e. The summed E-state index contributed by atoms with van der Waals surface area (Å²) in [4.78, 5) is 43.9. The lowest BCUT2D eigenvalue weighted by molar-refractivity contribution is 0.0917. The van der Waals surface area contributed by atoms with Crippen LogP contribution in [0.1, 0.15) is 48.8 Å². The van der Waals surface area contributed by atoms with Gasteiger partial charge < -0.3 is 30.5 Å². The van der Waals surface area contributed by atoms with Crippen molar-refractivity contribution < 1.29 is 14.3 Å². The first-order valence-electron chi connectivity index (χ1n) is 14.8. The number of piperidine rings is 1. The third-order valence-corrected chi connectivity index (χ3v) is 7.58. The zero-order valence-electron chi connectivity index (χ0n) is 24.4. The maximum Gasteiger partial charge on any atom is 0.323 e. The minimum absolute atomic E-state index is 0.0895. The summed E-state index contributed by atoms with van der Waals surface area (Å²) in [6.07, 6.45) is 4.78. The minimum atomic E-state index is -0.372. The second-order valence-electron chi connectivity index (χ2n) is 10.9. The van der Waals surface area contributed by atoms with Crippen molar-refractivity contribution in [3.05, 3.63) is 59.9 Å². The maximum absolute atomic E-state index is 12.7. The third kappa shape index (κ3) is 8.01. The maximum atomic E-state index is 12.7. The van der Waals surface area contributed by atoms with Crippen LogP contribution >= 0.6 is 0 Å². The van der Waals surface area contributed by atoms with Gasteiger partial charge in [0.05, 0.1) is 13.2 Å². The molecule has 3 heterocycles. The molecule has 2 aromatic carbocycles. The Bertz CT molecular complexity index is 1340. The quantitative estimate of drug-likeness (QED) is 0.349. The monoisotopic (exact) mass is 572 g/mol. The Morgan fingerprint density at radius 1 is 0.881 bits per heavy atom. The molecule has 0 saturated carbocycles. The van der Waals surface area contributed by atoms with E-state index in [0.717, 1.165) is 69.7 Å². The number of likely N-dealkylation sites (tertiary alicyclic amines) is 1. The van der Waals surface area contributed by atoms with Crippen LogP contribution in [0.15, 0.2) is 48.5 Å². The number of amides is 3. The third-order valence-electron chi connectivity index (χ3n) is 7.58. The molecule has 3 aromatic rings. The number of aryl methyl sites for hydroxylation is 1. The molecule has 11 nitrogen and oxygen atoms in total. The van der Waals surface area contributed by atoms with Crippen molar-refractivity contribution in [3.63, 3.8) is 0 Å². The number of hydrogen-bond donors (Lipinski definition) is 3. The van der Waals surface area contributed by atoms with Crippen molar-refractivity contribution in [2.75, 3.05) is 62.0 Å². The van der Waals surface area contributed by atoms with Crippen molar-refractivity contribution in [2.24, 2.45) is 0 Å². The highest BCUT2D eigenvalue weighted by Crippen LogP contribution is 2.22. The summed E-state index contributed by atoms with van der Waals surface area (Å²) in [7, 11) is 2.10. The summed E-state index contributed by atoms with van der Waals surface area (Å²) in [5, 5.41) is 8.79. The Kier molecular flexibility index (Phi) is 9.94. The van der Waals surface area contributed by atoms with Crippen molar-refractivity contribution >= 4 is 29.3 Å². The summed E-state index contributed by atoms with van der Waals surface area (Å²) >= 11 is 0. The first kappa shape index (κ1) is 29.4. The number of carbonyl (C=O) groups is 2. The topological polar surface area (TPSA) is 125 Å². The standard InChI is InChI=1S/C31H40N8O3/c1-3-4-5-27-35-28(37-30(36-27)39-18-20-42-21-19-39)22-6-10-24(11-7-22)33-31(41)34-25-12-8-23(9-13-25)29(40)32-26-14-16-38(2)17-15-26/h6-13,26H,3-5,14-21H2,1-2H3,(H,32,40)(H2,33,34,41). The lowest BCUT2D eigenvalue weighted by Gasteiger charge is -2.29. The molecule has 222 valence electrons. The fourth-order valence-electron chi connectivity index (χ4n) is 5.01. The first-order valence-corrected chi connectivity index (χ1v) is 14.8. The van der Waals surface area contributed by atoms with E-state index in [2.05, 4.69) is 39.7 Å².